The highest BCUT2D eigenvalue weighted by Gasteiger charge is 2.28. The first kappa shape index (κ1) is 16.1. The van der Waals surface area contributed by atoms with Crippen LogP contribution in [0.5, 0.6) is 17.2 Å². The third-order valence-corrected chi connectivity index (χ3v) is 6.56. The van der Waals surface area contributed by atoms with E-state index in [4.69, 9.17) is 14.2 Å². The molecule has 1 heterocycles. The minimum Gasteiger partial charge on any atom is -0.496 e. The summed E-state index contributed by atoms with van der Waals surface area (Å²) in [5.41, 5.74) is 2.22. The molecule has 3 nitrogen and oxygen atoms in total. The smallest absolute Gasteiger partial charge is 0.130 e. The molecule has 23 heavy (non-hydrogen) atoms. The Labute approximate surface area is 139 Å². The Morgan fingerprint density at radius 1 is 1.04 bits per heavy atom. The molecule has 0 saturated heterocycles. The predicted octanol–water partition coefficient (Wildman–Crippen LogP) is 4.63. The van der Waals surface area contributed by atoms with Crippen LogP contribution >= 0.6 is 7.92 Å². The number of ether oxygens (including phenoxy) is 3. The van der Waals surface area contributed by atoms with E-state index in [1.807, 2.05) is 18.2 Å². The number of fused-ring (bicyclic) bond motifs is 1. The lowest BCUT2D eigenvalue weighted by Crippen LogP contribution is -2.06. The van der Waals surface area contributed by atoms with Crippen LogP contribution < -0.4 is 19.5 Å². The highest BCUT2D eigenvalue weighted by Crippen LogP contribution is 2.50. The molecule has 2 aromatic rings. The number of methoxy groups -OCH3 is 2. The van der Waals surface area contributed by atoms with Crippen LogP contribution in [0.4, 0.5) is 0 Å². The molecular weight excluding hydrogens is 307 g/mol. The zero-order chi connectivity index (χ0) is 16.2. The van der Waals surface area contributed by atoms with Crippen molar-refractivity contribution in [2.75, 3.05) is 26.7 Å². The molecule has 1 aliphatic rings. The molecule has 1 atom stereocenters. The van der Waals surface area contributed by atoms with Gasteiger partial charge in [-0.05, 0) is 38.7 Å². The van der Waals surface area contributed by atoms with Crippen molar-refractivity contribution in [3.8, 4) is 28.4 Å². The zero-order valence-electron chi connectivity index (χ0n) is 14.0. The van der Waals surface area contributed by atoms with Crippen LogP contribution in [0.25, 0.3) is 11.1 Å². The van der Waals surface area contributed by atoms with E-state index in [0.29, 0.717) is 0 Å². The third kappa shape index (κ3) is 3.03. The van der Waals surface area contributed by atoms with Crippen LogP contribution in [0.1, 0.15) is 19.8 Å². The van der Waals surface area contributed by atoms with Gasteiger partial charge in [0, 0.05) is 10.9 Å². The molecule has 0 aliphatic carbocycles. The summed E-state index contributed by atoms with van der Waals surface area (Å²) in [5.74, 6) is 2.71. The largest absolute Gasteiger partial charge is 0.496 e. The second-order valence-corrected chi connectivity index (χ2v) is 7.81. The molecule has 4 heteroatoms. The molecule has 0 bridgehead atoms. The fraction of sp³-hybridized carbons (Fsp3) is 0.368. The fourth-order valence-corrected chi connectivity index (χ4v) is 5.47. The minimum absolute atomic E-state index is 0.279. The average molecular weight is 330 g/mol. The number of hydrogen-bond acceptors (Lipinski definition) is 3. The molecule has 0 saturated carbocycles. The zero-order valence-corrected chi connectivity index (χ0v) is 14.9. The Morgan fingerprint density at radius 3 is 2.39 bits per heavy atom. The van der Waals surface area contributed by atoms with Gasteiger partial charge in [-0.2, -0.15) is 0 Å². The van der Waals surface area contributed by atoms with Crippen molar-refractivity contribution in [2.24, 2.45) is 0 Å². The van der Waals surface area contributed by atoms with Crippen LogP contribution in [0.3, 0.4) is 0 Å². The monoisotopic (exact) mass is 330 g/mol. The standard InChI is InChI=1S/C19H23O3P/c1-4-5-12-23-13-22-17-11-6-8-14(19(17)23)18-15(20-2)9-7-10-16(18)21-3/h6-11H,4-5,12-13H2,1-3H3. The van der Waals surface area contributed by atoms with Gasteiger partial charge in [0.15, 0.2) is 0 Å². The van der Waals surface area contributed by atoms with E-state index in [1.165, 1.54) is 29.9 Å². The molecule has 0 N–H and O–H groups in total. The summed E-state index contributed by atoms with van der Waals surface area (Å²) in [7, 11) is 3.13. The van der Waals surface area contributed by atoms with E-state index in [-0.39, 0.29) is 7.92 Å². The Morgan fingerprint density at radius 2 is 1.74 bits per heavy atom. The number of benzene rings is 2. The summed E-state index contributed by atoms with van der Waals surface area (Å²) in [5, 5.41) is 1.36. The van der Waals surface area contributed by atoms with Crippen LogP contribution in [-0.2, 0) is 0 Å². The second kappa shape index (κ2) is 7.23. The predicted molar refractivity (Wildman–Crippen MR) is 96.8 cm³/mol. The molecule has 1 aliphatic heterocycles. The van der Waals surface area contributed by atoms with Gasteiger partial charge in [-0.1, -0.05) is 31.5 Å². The highest BCUT2D eigenvalue weighted by atomic mass is 31.1. The number of hydrogen-bond donors (Lipinski definition) is 0. The van der Waals surface area contributed by atoms with E-state index >= 15 is 0 Å². The van der Waals surface area contributed by atoms with Gasteiger partial charge in [-0.15, -0.1) is 0 Å². The summed E-state index contributed by atoms with van der Waals surface area (Å²) in [6.45, 7) is 2.24. The molecule has 122 valence electrons. The SMILES string of the molecule is CCCCP1COc2cccc(-c3c(OC)cccc3OC)c21. The second-order valence-electron chi connectivity index (χ2n) is 5.58. The van der Waals surface area contributed by atoms with Gasteiger partial charge in [0.05, 0.1) is 19.8 Å². The Balaban J connectivity index is 2.14. The average Bonchev–Trinajstić information content (AvgIpc) is 3.02. The molecule has 3 rings (SSSR count). The minimum atomic E-state index is -0.279. The van der Waals surface area contributed by atoms with Crippen molar-refractivity contribution in [1.29, 1.82) is 0 Å². The summed E-state index contributed by atoms with van der Waals surface area (Å²) in [4.78, 5) is 0. The van der Waals surface area contributed by atoms with Gasteiger partial charge in [0.2, 0.25) is 0 Å². The number of rotatable bonds is 6. The van der Waals surface area contributed by atoms with Gasteiger partial charge >= 0.3 is 0 Å². The highest BCUT2D eigenvalue weighted by molar-refractivity contribution is 7.66. The first-order valence-corrected chi connectivity index (χ1v) is 9.73. The lowest BCUT2D eigenvalue weighted by atomic mass is 10.0. The van der Waals surface area contributed by atoms with Crippen molar-refractivity contribution in [2.45, 2.75) is 19.8 Å². The van der Waals surface area contributed by atoms with Crippen molar-refractivity contribution < 1.29 is 14.2 Å². The molecule has 0 aromatic heterocycles. The first-order valence-electron chi connectivity index (χ1n) is 8.02. The topological polar surface area (TPSA) is 27.7 Å². The Bertz CT molecular complexity index is 662. The van der Waals surface area contributed by atoms with Crippen molar-refractivity contribution in [3.63, 3.8) is 0 Å². The summed E-state index contributed by atoms with van der Waals surface area (Å²) in [6, 6.07) is 12.2. The number of unbranched alkanes of at least 4 members (excludes halogenated alkanes) is 1. The lowest BCUT2D eigenvalue weighted by molar-refractivity contribution is 0.397. The van der Waals surface area contributed by atoms with E-state index in [0.717, 1.165) is 29.2 Å². The van der Waals surface area contributed by atoms with Gasteiger partial charge in [-0.25, -0.2) is 0 Å². The van der Waals surface area contributed by atoms with Crippen molar-refractivity contribution in [3.05, 3.63) is 36.4 Å². The maximum absolute atomic E-state index is 5.96. The summed E-state index contributed by atoms with van der Waals surface area (Å²) < 4.78 is 17.2. The van der Waals surface area contributed by atoms with Gasteiger partial charge in [0.25, 0.3) is 0 Å². The van der Waals surface area contributed by atoms with Crippen molar-refractivity contribution in [1.82, 2.24) is 0 Å². The van der Waals surface area contributed by atoms with Crippen LogP contribution in [-0.4, -0.2) is 26.7 Å². The third-order valence-electron chi connectivity index (χ3n) is 4.17. The normalized spacial score (nSPS) is 15.9. The van der Waals surface area contributed by atoms with Gasteiger partial charge < -0.3 is 14.2 Å². The molecule has 0 fully saturated rings. The lowest BCUT2D eigenvalue weighted by Gasteiger charge is -2.18. The fourth-order valence-electron chi connectivity index (χ4n) is 3.02. The van der Waals surface area contributed by atoms with Crippen molar-refractivity contribution >= 4 is 13.2 Å². The first-order chi connectivity index (χ1) is 11.3. The molecule has 1 unspecified atom stereocenters. The molecule has 0 radical (unpaired) electrons. The van der Waals surface area contributed by atoms with E-state index in [9.17, 15) is 0 Å². The quantitative estimate of drug-likeness (QED) is 0.723. The molecule has 2 aromatic carbocycles. The van der Waals surface area contributed by atoms with Crippen LogP contribution in [0.2, 0.25) is 0 Å². The maximum Gasteiger partial charge on any atom is 0.130 e. The van der Waals surface area contributed by atoms with Gasteiger partial charge in [0.1, 0.15) is 23.6 Å². The maximum atomic E-state index is 5.96. The van der Waals surface area contributed by atoms with E-state index in [1.54, 1.807) is 14.2 Å². The van der Waals surface area contributed by atoms with Gasteiger partial charge in [-0.3, -0.25) is 0 Å². The molecular formula is C19H23O3P. The molecule has 0 amide bonds. The van der Waals surface area contributed by atoms with E-state index in [2.05, 4.69) is 25.1 Å². The molecule has 0 spiro atoms. The Hall–Kier alpha value is -1.73. The van der Waals surface area contributed by atoms with E-state index < -0.39 is 0 Å². The van der Waals surface area contributed by atoms with Crippen LogP contribution in [0, 0.1) is 0 Å². The van der Waals surface area contributed by atoms with Crippen LogP contribution in [0.15, 0.2) is 36.4 Å². The Kier molecular flexibility index (Phi) is 5.07. The summed E-state index contributed by atoms with van der Waals surface area (Å²) in [6.07, 6.45) is 4.51. The summed E-state index contributed by atoms with van der Waals surface area (Å²) >= 11 is 0.